The van der Waals surface area contributed by atoms with Crippen molar-refractivity contribution in [3.05, 3.63) is 35.9 Å². The molecule has 90 valence electrons. The lowest BCUT2D eigenvalue weighted by atomic mass is 10.2. The summed E-state index contributed by atoms with van der Waals surface area (Å²) in [5.41, 5.74) is 6.97. The molecule has 17 heavy (non-hydrogen) atoms. The summed E-state index contributed by atoms with van der Waals surface area (Å²) in [5, 5.41) is 10.9. The molecule has 0 aliphatic rings. The minimum absolute atomic E-state index is 0.447. The molecular weight excluding hydrogens is 220 g/mol. The van der Waals surface area contributed by atoms with E-state index in [1.54, 1.807) is 30.3 Å². The van der Waals surface area contributed by atoms with E-state index in [9.17, 15) is 9.59 Å². The Morgan fingerprint density at radius 1 is 1.35 bits per heavy atom. The van der Waals surface area contributed by atoms with E-state index >= 15 is 0 Å². The average Bonchev–Trinajstić information content (AvgIpc) is 2.28. The Balaban J connectivity index is 2.56. The number of anilines is 1. The van der Waals surface area contributed by atoms with Gasteiger partial charge < -0.3 is 16.2 Å². The van der Waals surface area contributed by atoms with Crippen molar-refractivity contribution in [1.29, 1.82) is 0 Å². The number of nitrogen functional groups attached to an aromatic ring is 1. The van der Waals surface area contributed by atoms with Crippen molar-refractivity contribution in [2.75, 3.05) is 5.73 Å². The van der Waals surface area contributed by atoms with Gasteiger partial charge in [-0.25, -0.2) is 0 Å². The summed E-state index contributed by atoms with van der Waals surface area (Å²) in [6.07, 6.45) is 2.87. The molecule has 1 atom stereocenters. The summed E-state index contributed by atoms with van der Waals surface area (Å²) in [7, 11) is 0. The van der Waals surface area contributed by atoms with Crippen LogP contribution in [-0.2, 0) is 9.59 Å². The lowest BCUT2D eigenvalue weighted by Gasteiger charge is -2.05. The van der Waals surface area contributed by atoms with Gasteiger partial charge in [0.2, 0.25) is 5.91 Å². The summed E-state index contributed by atoms with van der Waals surface area (Å²) in [4.78, 5) is 21.8. The molecule has 1 amide bonds. The molecule has 0 saturated carbocycles. The monoisotopic (exact) mass is 234 g/mol. The van der Waals surface area contributed by atoms with Gasteiger partial charge in [-0.3, -0.25) is 9.59 Å². The van der Waals surface area contributed by atoms with Crippen molar-refractivity contribution in [3.63, 3.8) is 0 Å². The maximum absolute atomic E-state index is 11.3. The highest BCUT2D eigenvalue weighted by Gasteiger charge is 2.11. The first-order chi connectivity index (χ1) is 7.99. The van der Waals surface area contributed by atoms with Crippen molar-refractivity contribution in [2.45, 2.75) is 13.0 Å². The van der Waals surface area contributed by atoms with Crippen LogP contribution in [-0.4, -0.2) is 23.0 Å². The topological polar surface area (TPSA) is 92.4 Å². The summed E-state index contributed by atoms with van der Waals surface area (Å²) in [6, 6.07) is 6.06. The van der Waals surface area contributed by atoms with Crippen LogP contribution in [0.25, 0.3) is 6.08 Å². The number of nitrogens with two attached hydrogens (primary N) is 1. The zero-order chi connectivity index (χ0) is 12.8. The Morgan fingerprint density at radius 3 is 2.47 bits per heavy atom. The second-order valence-electron chi connectivity index (χ2n) is 3.57. The van der Waals surface area contributed by atoms with Crippen molar-refractivity contribution >= 4 is 23.6 Å². The molecule has 0 fully saturated rings. The number of carbonyl (C=O) groups is 2. The van der Waals surface area contributed by atoms with Gasteiger partial charge in [0.05, 0.1) is 0 Å². The van der Waals surface area contributed by atoms with E-state index in [0.717, 1.165) is 5.56 Å². The zero-order valence-electron chi connectivity index (χ0n) is 9.38. The van der Waals surface area contributed by atoms with E-state index in [1.165, 1.54) is 13.0 Å². The third-order valence-corrected chi connectivity index (χ3v) is 2.09. The fourth-order valence-corrected chi connectivity index (χ4v) is 1.10. The number of amides is 1. The largest absolute Gasteiger partial charge is 0.480 e. The quantitative estimate of drug-likeness (QED) is 0.532. The SMILES string of the molecule is C[C@@H](NC(=O)/C=C/c1ccc(N)cc1)C(=O)O. The number of hydrogen-bond acceptors (Lipinski definition) is 3. The molecule has 0 spiro atoms. The van der Waals surface area contributed by atoms with Crippen LogP contribution in [0.5, 0.6) is 0 Å². The van der Waals surface area contributed by atoms with Crippen LogP contribution < -0.4 is 11.1 Å². The number of carbonyl (C=O) groups excluding carboxylic acids is 1. The minimum Gasteiger partial charge on any atom is -0.480 e. The third-order valence-electron chi connectivity index (χ3n) is 2.09. The standard InChI is InChI=1S/C12H14N2O3/c1-8(12(16)17)14-11(15)7-4-9-2-5-10(13)6-3-9/h2-8H,13H2,1H3,(H,14,15)(H,16,17)/b7-4+/t8-/m1/s1. The Kier molecular flexibility index (Phi) is 4.28. The molecule has 1 aromatic rings. The van der Waals surface area contributed by atoms with Gasteiger partial charge in [0, 0.05) is 11.8 Å². The molecule has 0 heterocycles. The van der Waals surface area contributed by atoms with Crippen LogP contribution in [0.15, 0.2) is 30.3 Å². The molecule has 0 saturated heterocycles. The molecule has 5 heteroatoms. The second-order valence-corrected chi connectivity index (χ2v) is 3.57. The zero-order valence-corrected chi connectivity index (χ0v) is 9.38. The van der Waals surface area contributed by atoms with E-state index in [0.29, 0.717) is 5.69 Å². The number of benzene rings is 1. The molecule has 0 unspecified atom stereocenters. The van der Waals surface area contributed by atoms with Crippen molar-refractivity contribution in [1.82, 2.24) is 5.32 Å². The predicted molar refractivity (Wildman–Crippen MR) is 65.1 cm³/mol. The molecule has 4 N–H and O–H groups in total. The Bertz CT molecular complexity index is 438. The fraction of sp³-hybridized carbons (Fsp3) is 0.167. The van der Waals surface area contributed by atoms with Crippen LogP contribution in [0.3, 0.4) is 0 Å². The van der Waals surface area contributed by atoms with Crippen molar-refractivity contribution < 1.29 is 14.7 Å². The number of rotatable bonds is 4. The lowest BCUT2D eigenvalue weighted by molar-refractivity contribution is -0.140. The maximum atomic E-state index is 11.3. The van der Waals surface area contributed by atoms with Crippen LogP contribution in [0.4, 0.5) is 5.69 Å². The molecule has 1 aromatic carbocycles. The smallest absolute Gasteiger partial charge is 0.325 e. The first kappa shape index (κ1) is 12.8. The van der Waals surface area contributed by atoms with E-state index in [1.807, 2.05) is 0 Å². The minimum atomic E-state index is -1.07. The van der Waals surface area contributed by atoms with Gasteiger partial charge in [-0.05, 0) is 30.7 Å². The van der Waals surface area contributed by atoms with Gasteiger partial charge in [-0.2, -0.15) is 0 Å². The normalized spacial score (nSPS) is 12.3. The third kappa shape index (κ3) is 4.38. The molecule has 0 aromatic heterocycles. The maximum Gasteiger partial charge on any atom is 0.325 e. The Labute approximate surface area is 98.9 Å². The number of carboxylic acids is 1. The highest BCUT2D eigenvalue weighted by atomic mass is 16.4. The lowest BCUT2D eigenvalue weighted by Crippen LogP contribution is -2.37. The van der Waals surface area contributed by atoms with Gasteiger partial charge in [-0.1, -0.05) is 12.1 Å². The summed E-state index contributed by atoms with van der Waals surface area (Å²) < 4.78 is 0. The second kappa shape index (κ2) is 5.69. The van der Waals surface area contributed by atoms with Crippen LogP contribution >= 0.6 is 0 Å². The summed E-state index contributed by atoms with van der Waals surface area (Å²) in [5.74, 6) is -1.52. The van der Waals surface area contributed by atoms with Gasteiger partial charge >= 0.3 is 5.97 Å². The highest BCUT2D eigenvalue weighted by molar-refractivity contribution is 5.94. The van der Waals surface area contributed by atoms with Gasteiger partial charge in [0.15, 0.2) is 0 Å². The molecular formula is C12H14N2O3. The first-order valence-electron chi connectivity index (χ1n) is 5.06. The molecule has 0 bridgehead atoms. The molecule has 0 aliphatic carbocycles. The fourth-order valence-electron chi connectivity index (χ4n) is 1.10. The average molecular weight is 234 g/mol. The van der Waals surface area contributed by atoms with E-state index in [2.05, 4.69) is 5.32 Å². The summed E-state index contributed by atoms with van der Waals surface area (Å²) >= 11 is 0. The molecule has 1 rings (SSSR count). The predicted octanol–water partition coefficient (Wildman–Crippen LogP) is 0.871. The van der Waals surface area contributed by atoms with Crippen molar-refractivity contribution in [2.24, 2.45) is 0 Å². The van der Waals surface area contributed by atoms with Crippen molar-refractivity contribution in [3.8, 4) is 0 Å². The highest BCUT2D eigenvalue weighted by Crippen LogP contribution is 2.06. The molecule has 0 radical (unpaired) electrons. The van der Waals surface area contributed by atoms with Gasteiger partial charge in [0.1, 0.15) is 6.04 Å². The first-order valence-corrected chi connectivity index (χ1v) is 5.06. The van der Waals surface area contributed by atoms with Crippen LogP contribution in [0.1, 0.15) is 12.5 Å². The summed E-state index contributed by atoms with van der Waals surface area (Å²) in [6.45, 7) is 1.40. The number of aliphatic carboxylic acids is 1. The molecule has 5 nitrogen and oxygen atoms in total. The Hall–Kier alpha value is -2.30. The van der Waals surface area contributed by atoms with E-state index < -0.39 is 17.9 Å². The number of hydrogen-bond donors (Lipinski definition) is 3. The Morgan fingerprint density at radius 2 is 1.94 bits per heavy atom. The number of nitrogens with one attached hydrogen (secondary N) is 1. The molecule has 0 aliphatic heterocycles. The van der Waals surface area contributed by atoms with Gasteiger partial charge in [0.25, 0.3) is 0 Å². The van der Waals surface area contributed by atoms with E-state index in [-0.39, 0.29) is 0 Å². The van der Waals surface area contributed by atoms with Crippen LogP contribution in [0, 0.1) is 0 Å². The van der Waals surface area contributed by atoms with E-state index in [4.69, 9.17) is 10.8 Å². The van der Waals surface area contributed by atoms with Gasteiger partial charge in [-0.15, -0.1) is 0 Å². The number of carboxylic acid groups (broad SMARTS) is 1. The van der Waals surface area contributed by atoms with Crippen LogP contribution in [0.2, 0.25) is 0 Å².